The summed E-state index contributed by atoms with van der Waals surface area (Å²) in [5.41, 5.74) is 5.52. The van der Waals surface area contributed by atoms with E-state index in [4.69, 9.17) is 10.8 Å². The Morgan fingerprint density at radius 3 is 2.53 bits per heavy atom. The number of carbonyl (C=O) groups is 1. The lowest BCUT2D eigenvalue weighted by molar-refractivity contribution is -0.135. The lowest BCUT2D eigenvalue weighted by atomic mass is 10.1. The molecule has 0 fully saturated rings. The highest BCUT2D eigenvalue weighted by Gasteiger charge is 2.22. The van der Waals surface area contributed by atoms with Crippen LogP contribution in [0.3, 0.4) is 0 Å². The molecule has 1 amide bonds. The van der Waals surface area contributed by atoms with Gasteiger partial charge in [-0.05, 0) is 6.42 Å². The number of halogens is 2. The number of alkyl halides is 2. The number of hydrogen-bond acceptors (Lipinski definition) is 3. The van der Waals surface area contributed by atoms with E-state index in [1.807, 2.05) is 6.92 Å². The molecular formula is C9H18F2N2O2. The predicted molar refractivity (Wildman–Crippen MR) is 52.6 cm³/mol. The summed E-state index contributed by atoms with van der Waals surface area (Å²) in [7, 11) is 0. The van der Waals surface area contributed by atoms with Gasteiger partial charge in [0.15, 0.2) is 0 Å². The summed E-state index contributed by atoms with van der Waals surface area (Å²) in [5.74, 6) is -0.522. The third-order valence-electron chi connectivity index (χ3n) is 1.96. The van der Waals surface area contributed by atoms with Gasteiger partial charge in [-0.2, -0.15) is 0 Å². The van der Waals surface area contributed by atoms with Crippen molar-refractivity contribution < 1.29 is 18.7 Å². The van der Waals surface area contributed by atoms with Gasteiger partial charge in [0.05, 0.1) is 19.2 Å². The molecule has 0 aliphatic rings. The molecule has 0 bridgehead atoms. The maximum absolute atomic E-state index is 12.1. The van der Waals surface area contributed by atoms with Gasteiger partial charge in [0, 0.05) is 6.54 Å². The van der Waals surface area contributed by atoms with Gasteiger partial charge in [-0.25, -0.2) is 8.78 Å². The molecule has 0 aromatic heterocycles. The Balaban J connectivity index is 4.26. The van der Waals surface area contributed by atoms with Crippen LogP contribution in [0.15, 0.2) is 0 Å². The molecular weight excluding hydrogens is 206 g/mol. The average molecular weight is 224 g/mol. The maximum atomic E-state index is 12.1. The second-order valence-electron chi connectivity index (χ2n) is 3.29. The number of nitrogens with zero attached hydrogens (tertiary/aromatic N) is 1. The summed E-state index contributed by atoms with van der Waals surface area (Å²) >= 11 is 0. The molecule has 6 heteroatoms. The van der Waals surface area contributed by atoms with Crippen molar-refractivity contribution in [1.29, 1.82) is 0 Å². The summed E-state index contributed by atoms with van der Waals surface area (Å²) in [4.78, 5) is 12.4. The third kappa shape index (κ3) is 5.64. The van der Waals surface area contributed by atoms with E-state index in [0.717, 1.165) is 4.90 Å². The van der Waals surface area contributed by atoms with E-state index in [-0.39, 0.29) is 13.2 Å². The van der Waals surface area contributed by atoms with Crippen molar-refractivity contribution in [2.24, 2.45) is 5.73 Å². The third-order valence-corrected chi connectivity index (χ3v) is 1.96. The first-order chi connectivity index (χ1) is 7.02. The molecule has 15 heavy (non-hydrogen) atoms. The van der Waals surface area contributed by atoms with E-state index in [1.165, 1.54) is 0 Å². The topological polar surface area (TPSA) is 66.6 Å². The van der Waals surface area contributed by atoms with E-state index >= 15 is 0 Å². The molecule has 90 valence electrons. The molecule has 0 saturated heterocycles. The molecule has 3 N–H and O–H groups in total. The number of amides is 1. The van der Waals surface area contributed by atoms with Crippen molar-refractivity contribution in [1.82, 2.24) is 4.90 Å². The minimum absolute atomic E-state index is 0.0966. The molecule has 0 aliphatic heterocycles. The van der Waals surface area contributed by atoms with Crippen LogP contribution in [0.5, 0.6) is 0 Å². The van der Waals surface area contributed by atoms with Crippen LogP contribution < -0.4 is 5.73 Å². The summed E-state index contributed by atoms with van der Waals surface area (Å²) < 4.78 is 24.2. The zero-order valence-electron chi connectivity index (χ0n) is 8.83. The zero-order valence-corrected chi connectivity index (χ0v) is 8.83. The van der Waals surface area contributed by atoms with Crippen LogP contribution in [0.1, 0.15) is 19.8 Å². The number of nitrogens with two attached hydrogens (primary N) is 1. The molecule has 0 spiro atoms. The van der Waals surface area contributed by atoms with Crippen LogP contribution in [-0.2, 0) is 4.79 Å². The summed E-state index contributed by atoms with van der Waals surface area (Å²) in [5, 5.41) is 8.63. The SMILES string of the molecule is CCC[C@@H](N)C(=O)N(CCO)CC(F)F. The van der Waals surface area contributed by atoms with Crippen LogP contribution in [-0.4, -0.2) is 48.1 Å². The van der Waals surface area contributed by atoms with Crippen LogP contribution in [0.4, 0.5) is 8.78 Å². The van der Waals surface area contributed by atoms with Gasteiger partial charge in [0.25, 0.3) is 6.43 Å². The lowest BCUT2D eigenvalue weighted by Gasteiger charge is -2.24. The quantitative estimate of drug-likeness (QED) is 0.649. The molecule has 0 aliphatic carbocycles. The molecule has 0 unspecified atom stereocenters. The summed E-state index contributed by atoms with van der Waals surface area (Å²) in [6.07, 6.45) is -1.42. The van der Waals surface area contributed by atoms with Gasteiger partial charge in [-0.3, -0.25) is 4.79 Å². The minimum Gasteiger partial charge on any atom is -0.395 e. The second-order valence-corrected chi connectivity index (χ2v) is 3.29. The van der Waals surface area contributed by atoms with Crippen molar-refractivity contribution in [2.45, 2.75) is 32.2 Å². The summed E-state index contributed by atoms with van der Waals surface area (Å²) in [6.45, 7) is 0.755. The van der Waals surface area contributed by atoms with E-state index < -0.39 is 24.9 Å². The Labute approximate surface area is 88.0 Å². The van der Waals surface area contributed by atoms with Crippen LogP contribution in [0.25, 0.3) is 0 Å². The van der Waals surface area contributed by atoms with Gasteiger partial charge >= 0.3 is 0 Å². The van der Waals surface area contributed by atoms with Crippen molar-refractivity contribution in [2.75, 3.05) is 19.7 Å². The molecule has 0 rings (SSSR count). The van der Waals surface area contributed by atoms with Crippen LogP contribution in [0, 0.1) is 0 Å². The number of hydrogen-bond donors (Lipinski definition) is 2. The van der Waals surface area contributed by atoms with Crippen molar-refractivity contribution in [3.63, 3.8) is 0 Å². The monoisotopic (exact) mass is 224 g/mol. The molecule has 0 aromatic carbocycles. The van der Waals surface area contributed by atoms with Crippen LogP contribution in [0.2, 0.25) is 0 Å². The highest BCUT2D eigenvalue weighted by atomic mass is 19.3. The first-order valence-corrected chi connectivity index (χ1v) is 4.96. The zero-order chi connectivity index (χ0) is 11.8. The Hall–Kier alpha value is -0.750. The first-order valence-electron chi connectivity index (χ1n) is 4.96. The van der Waals surface area contributed by atoms with Crippen molar-refractivity contribution >= 4 is 5.91 Å². The van der Waals surface area contributed by atoms with E-state index in [2.05, 4.69) is 0 Å². The molecule has 1 atom stereocenters. The number of carbonyl (C=O) groups excluding carboxylic acids is 1. The standard InChI is InChI=1S/C9H18F2N2O2/c1-2-3-7(12)9(15)13(4-5-14)6-8(10)11/h7-8,14H,2-6,12H2,1H3/t7-/m1/s1. The Kier molecular flexibility index (Phi) is 7.15. The fraction of sp³-hybridized carbons (Fsp3) is 0.889. The summed E-state index contributed by atoms with van der Waals surface area (Å²) in [6, 6.07) is -0.750. The Morgan fingerprint density at radius 2 is 2.13 bits per heavy atom. The maximum Gasteiger partial charge on any atom is 0.255 e. The van der Waals surface area contributed by atoms with Gasteiger partial charge < -0.3 is 15.7 Å². The highest BCUT2D eigenvalue weighted by molar-refractivity contribution is 5.81. The fourth-order valence-electron chi connectivity index (χ4n) is 1.25. The normalized spacial score (nSPS) is 12.9. The Morgan fingerprint density at radius 1 is 1.53 bits per heavy atom. The van der Waals surface area contributed by atoms with Crippen molar-refractivity contribution in [3.05, 3.63) is 0 Å². The van der Waals surface area contributed by atoms with Gasteiger partial charge in [0.1, 0.15) is 0 Å². The van der Waals surface area contributed by atoms with Gasteiger partial charge in [0.2, 0.25) is 5.91 Å². The first kappa shape index (κ1) is 14.2. The predicted octanol–water partition coefficient (Wildman–Crippen LogP) is 0.200. The van der Waals surface area contributed by atoms with E-state index in [9.17, 15) is 13.6 Å². The van der Waals surface area contributed by atoms with E-state index in [0.29, 0.717) is 12.8 Å². The average Bonchev–Trinajstić information content (AvgIpc) is 2.16. The molecule has 0 heterocycles. The molecule has 0 radical (unpaired) electrons. The second kappa shape index (κ2) is 7.53. The number of aliphatic hydroxyl groups excluding tert-OH is 1. The van der Waals surface area contributed by atoms with Crippen molar-refractivity contribution in [3.8, 4) is 0 Å². The van der Waals surface area contributed by atoms with Gasteiger partial charge in [-0.15, -0.1) is 0 Å². The Bertz CT molecular complexity index is 191. The van der Waals surface area contributed by atoms with E-state index in [1.54, 1.807) is 0 Å². The number of rotatable bonds is 7. The molecule has 4 nitrogen and oxygen atoms in total. The van der Waals surface area contributed by atoms with Gasteiger partial charge in [-0.1, -0.05) is 13.3 Å². The fourth-order valence-corrected chi connectivity index (χ4v) is 1.25. The number of aliphatic hydroxyl groups is 1. The molecule has 0 aromatic rings. The minimum atomic E-state index is -2.60. The lowest BCUT2D eigenvalue weighted by Crippen LogP contribution is -2.46. The largest absolute Gasteiger partial charge is 0.395 e. The smallest absolute Gasteiger partial charge is 0.255 e. The molecule has 0 saturated carbocycles. The highest BCUT2D eigenvalue weighted by Crippen LogP contribution is 2.03. The van der Waals surface area contributed by atoms with Crippen LogP contribution >= 0.6 is 0 Å².